The zero-order chi connectivity index (χ0) is 10.6. The van der Waals surface area contributed by atoms with Crippen molar-refractivity contribution < 1.29 is 24.4 Å². The number of hydrogen-bond donors (Lipinski definition) is 2. The fourth-order valence-corrected chi connectivity index (χ4v) is 1.38. The lowest BCUT2D eigenvalue weighted by Gasteiger charge is -2.18. The Bertz CT molecular complexity index is 169. The minimum atomic E-state index is -0.883. The van der Waals surface area contributed by atoms with Crippen LogP contribution in [0.4, 0.5) is 0 Å². The average molecular weight is 234 g/mol. The first-order valence-electron chi connectivity index (χ1n) is 4.51. The first-order valence-corrected chi connectivity index (χ1v) is 4.51. The van der Waals surface area contributed by atoms with Gasteiger partial charge in [-0.1, -0.05) is 14.9 Å². The van der Waals surface area contributed by atoms with Gasteiger partial charge in [0.1, 0.15) is 26.2 Å². The number of aliphatic hydroxyl groups excluding tert-OH is 2. The Morgan fingerprint density at radius 3 is 2.38 bits per heavy atom. The van der Waals surface area contributed by atoms with E-state index in [0.717, 1.165) is 0 Å². The molecule has 1 saturated heterocycles. The van der Waals surface area contributed by atoms with Crippen LogP contribution in [0.1, 0.15) is 14.9 Å². The van der Waals surface area contributed by atoms with Gasteiger partial charge in [0.15, 0.2) is 0 Å². The number of aliphatic hydroxyl groups is 2. The third kappa shape index (κ3) is 4.39. The summed E-state index contributed by atoms with van der Waals surface area (Å²) in [5.74, 6) is 0. The Labute approximate surface area is 99.1 Å². The van der Waals surface area contributed by atoms with Crippen LogP contribution in [-0.2, 0) is 14.2 Å². The van der Waals surface area contributed by atoms with Crippen molar-refractivity contribution in [2.24, 2.45) is 0 Å². The maximum Gasteiger partial charge on any atom is 0.112 e. The molecule has 0 aromatic carbocycles. The van der Waals surface area contributed by atoms with Crippen molar-refractivity contribution in [3.63, 3.8) is 0 Å². The second-order valence-corrected chi connectivity index (χ2v) is 3.14. The van der Waals surface area contributed by atoms with Crippen LogP contribution in [0.3, 0.4) is 0 Å². The predicted octanol–water partition coefficient (Wildman–Crippen LogP) is -0.463. The van der Waals surface area contributed by atoms with Gasteiger partial charge in [0, 0.05) is 13.1 Å². The van der Waals surface area contributed by atoms with Gasteiger partial charge in [0.2, 0.25) is 0 Å². The normalized spacial score (nSPS) is 32.9. The Morgan fingerprint density at radius 2 is 1.94 bits per heavy atom. The highest BCUT2D eigenvalue weighted by atomic mass is 16.6. The fraction of sp³-hybridized carbons (Fsp3) is 1.00. The highest BCUT2D eigenvalue weighted by Crippen LogP contribution is 2.21. The fourth-order valence-electron chi connectivity index (χ4n) is 1.38. The quantitative estimate of drug-likeness (QED) is 0.497. The zero-order valence-electron chi connectivity index (χ0n) is 8.13. The van der Waals surface area contributed by atoms with E-state index in [2.05, 4.69) is 0 Å². The molecule has 1 aliphatic heterocycles. The Hall–Kier alpha value is -0.135. The van der Waals surface area contributed by atoms with Gasteiger partial charge in [-0.15, -0.1) is 0 Å². The van der Waals surface area contributed by atoms with Crippen molar-refractivity contribution in [3.8, 4) is 0 Å². The molecule has 0 saturated carbocycles. The average Bonchev–Trinajstić information content (AvgIpc) is 2.45. The van der Waals surface area contributed by atoms with Crippen LogP contribution in [0.2, 0.25) is 0 Å². The molecule has 6 heteroatoms. The lowest BCUT2D eigenvalue weighted by molar-refractivity contribution is -0.0415. The first kappa shape index (κ1) is 18.2. The standard InChI is InChI=1S/C8H15BO5.2CH4/c1-12-2-3-13-7-6(11)5(4-10)14-8(7)9;;/h5-8,10-11H,2-4H2,1H3;2*1H4/t5-,6?,7+,8-;;/m1../s1. The molecule has 0 aromatic heterocycles. The summed E-state index contributed by atoms with van der Waals surface area (Å²) < 4.78 is 15.1. The maximum atomic E-state index is 9.59. The van der Waals surface area contributed by atoms with E-state index in [1.54, 1.807) is 7.11 Å². The summed E-state index contributed by atoms with van der Waals surface area (Å²) in [7, 11) is 7.12. The van der Waals surface area contributed by atoms with Crippen molar-refractivity contribution in [2.75, 3.05) is 26.9 Å². The first-order chi connectivity index (χ1) is 6.70. The van der Waals surface area contributed by atoms with Gasteiger partial charge in [-0.3, -0.25) is 0 Å². The van der Waals surface area contributed by atoms with Crippen LogP contribution in [0, 0.1) is 0 Å². The molecule has 2 N–H and O–H groups in total. The Balaban J connectivity index is 0. The molecule has 1 rings (SSSR count). The van der Waals surface area contributed by atoms with E-state index in [-0.39, 0.29) is 21.5 Å². The molecule has 0 spiro atoms. The van der Waals surface area contributed by atoms with Gasteiger partial charge < -0.3 is 24.4 Å². The lowest BCUT2D eigenvalue weighted by atomic mass is 9.93. The molecule has 5 nitrogen and oxygen atoms in total. The monoisotopic (exact) mass is 234 g/mol. The molecule has 1 heterocycles. The van der Waals surface area contributed by atoms with E-state index in [1.807, 2.05) is 0 Å². The van der Waals surface area contributed by atoms with E-state index in [4.69, 9.17) is 27.2 Å². The van der Waals surface area contributed by atoms with Crippen LogP contribution >= 0.6 is 0 Å². The predicted molar refractivity (Wildman–Crippen MR) is 62.6 cm³/mol. The number of rotatable bonds is 5. The molecule has 0 bridgehead atoms. The van der Waals surface area contributed by atoms with E-state index in [9.17, 15) is 5.11 Å². The molecule has 4 atom stereocenters. The third-order valence-corrected chi connectivity index (χ3v) is 2.15. The molecule has 96 valence electrons. The van der Waals surface area contributed by atoms with Gasteiger partial charge in [0.25, 0.3) is 0 Å². The second kappa shape index (κ2) is 8.95. The summed E-state index contributed by atoms with van der Waals surface area (Å²) >= 11 is 0. The molecule has 0 aromatic rings. The number of methoxy groups -OCH3 is 1. The highest BCUT2D eigenvalue weighted by Gasteiger charge is 2.41. The van der Waals surface area contributed by atoms with Crippen molar-refractivity contribution in [3.05, 3.63) is 0 Å². The third-order valence-electron chi connectivity index (χ3n) is 2.15. The number of ether oxygens (including phenoxy) is 3. The van der Waals surface area contributed by atoms with Crippen molar-refractivity contribution >= 4 is 7.85 Å². The Kier molecular flexibility index (Phi) is 10.2. The lowest BCUT2D eigenvalue weighted by Crippen LogP contribution is -2.37. The molecule has 0 amide bonds. The largest absolute Gasteiger partial charge is 0.394 e. The molecule has 1 fully saturated rings. The van der Waals surface area contributed by atoms with E-state index in [1.165, 1.54) is 0 Å². The second-order valence-electron chi connectivity index (χ2n) is 3.14. The van der Waals surface area contributed by atoms with Crippen LogP contribution in [0.15, 0.2) is 0 Å². The summed E-state index contributed by atoms with van der Waals surface area (Å²) in [4.78, 5) is 0. The smallest absolute Gasteiger partial charge is 0.112 e. The van der Waals surface area contributed by atoms with Crippen molar-refractivity contribution in [1.82, 2.24) is 0 Å². The summed E-state index contributed by atoms with van der Waals surface area (Å²) in [6.07, 6.45) is -2.13. The van der Waals surface area contributed by atoms with Crippen LogP contribution in [-0.4, -0.2) is 69.3 Å². The highest BCUT2D eigenvalue weighted by molar-refractivity contribution is 6.11. The summed E-state index contributed by atoms with van der Waals surface area (Å²) in [6, 6.07) is -0.695. The Morgan fingerprint density at radius 1 is 1.31 bits per heavy atom. The van der Waals surface area contributed by atoms with Gasteiger partial charge in [-0.25, -0.2) is 0 Å². The van der Waals surface area contributed by atoms with E-state index in [0.29, 0.717) is 13.2 Å². The zero-order valence-corrected chi connectivity index (χ0v) is 8.13. The minimum Gasteiger partial charge on any atom is -0.394 e. The van der Waals surface area contributed by atoms with Crippen molar-refractivity contribution in [1.29, 1.82) is 0 Å². The van der Waals surface area contributed by atoms with Gasteiger partial charge in [-0.2, -0.15) is 0 Å². The SMILES string of the molecule is C.C.[B][C@@H]1O[C@H](CO)C(O)[C@@H]1OCCOC. The summed E-state index contributed by atoms with van der Waals surface area (Å²) in [5, 5.41) is 18.4. The van der Waals surface area contributed by atoms with Crippen LogP contribution < -0.4 is 0 Å². The molecular weight excluding hydrogens is 211 g/mol. The minimum absolute atomic E-state index is 0. The molecule has 1 unspecified atom stereocenters. The van der Waals surface area contributed by atoms with Gasteiger partial charge in [0.05, 0.1) is 19.8 Å². The maximum absolute atomic E-state index is 9.59. The van der Waals surface area contributed by atoms with Crippen LogP contribution in [0.25, 0.3) is 0 Å². The molecule has 16 heavy (non-hydrogen) atoms. The number of hydrogen-bond acceptors (Lipinski definition) is 5. The molecule has 1 aliphatic rings. The van der Waals surface area contributed by atoms with Gasteiger partial charge in [-0.05, 0) is 0 Å². The van der Waals surface area contributed by atoms with Crippen LogP contribution in [0.5, 0.6) is 0 Å². The van der Waals surface area contributed by atoms with E-state index >= 15 is 0 Å². The van der Waals surface area contributed by atoms with Gasteiger partial charge >= 0.3 is 0 Å². The summed E-state index contributed by atoms with van der Waals surface area (Å²) in [5.41, 5.74) is 0. The van der Waals surface area contributed by atoms with Crippen molar-refractivity contribution in [2.45, 2.75) is 39.2 Å². The van der Waals surface area contributed by atoms with E-state index < -0.39 is 24.3 Å². The molecular formula is C10H23BO5. The topological polar surface area (TPSA) is 68.2 Å². The molecule has 0 aliphatic carbocycles. The summed E-state index contributed by atoms with van der Waals surface area (Å²) in [6.45, 7) is 0.506. The molecule has 2 radical (unpaired) electrons.